The van der Waals surface area contributed by atoms with Gasteiger partial charge in [-0.2, -0.15) is 9.49 Å². The average molecular weight is 525 g/mol. The van der Waals surface area contributed by atoms with Crippen molar-refractivity contribution in [1.82, 2.24) is 30.5 Å². The van der Waals surface area contributed by atoms with E-state index in [0.29, 0.717) is 11.5 Å². The minimum Gasteiger partial charge on any atom is -0.337 e. The Morgan fingerprint density at radius 3 is 2.87 bits per heavy atom. The monoisotopic (exact) mass is 524 g/mol. The summed E-state index contributed by atoms with van der Waals surface area (Å²) >= 11 is 1.11. The quantitative estimate of drug-likeness (QED) is 0.290. The summed E-state index contributed by atoms with van der Waals surface area (Å²) in [5.41, 5.74) is 6.73. The zero-order valence-corrected chi connectivity index (χ0v) is 22.0. The first-order chi connectivity index (χ1) is 18.5. The number of hydrogen-bond acceptors (Lipinski definition) is 5. The first kappa shape index (κ1) is 24.5. The number of hydrogen-bond donors (Lipinski definition) is 3. The van der Waals surface area contributed by atoms with Crippen molar-refractivity contribution in [1.29, 1.82) is 0 Å². The van der Waals surface area contributed by atoms with Crippen LogP contribution in [0.25, 0.3) is 51.2 Å². The van der Waals surface area contributed by atoms with Gasteiger partial charge >= 0.3 is 0 Å². The molecule has 1 fully saturated rings. The van der Waals surface area contributed by atoms with E-state index in [1.807, 2.05) is 36.7 Å². The number of thiophene rings is 1. The standard InChI is InChI=1S/C30H29FN6S/c1-18(22-15-21(16-33-17-22)14-20-10-12-32-13-11-20)6-7-24-19(2)28(37-36-24)30-34-25-5-3-4-23(29(25)35-30)26-8-9-27(31)38-26/h3-9,15-17,20,32,36H,2,10-14H2,1H3,(H,34,35)/b18-6+,24-7+. The summed E-state index contributed by atoms with van der Waals surface area (Å²) in [6.45, 7) is 8.57. The smallest absolute Gasteiger partial charge is 0.176 e. The lowest BCUT2D eigenvalue weighted by Crippen LogP contribution is -2.28. The fourth-order valence-electron chi connectivity index (χ4n) is 5.05. The molecule has 0 saturated carbocycles. The Labute approximate surface area is 224 Å². The molecule has 192 valence electrons. The number of aromatic nitrogens is 5. The number of pyridine rings is 1. The largest absolute Gasteiger partial charge is 0.337 e. The first-order valence-electron chi connectivity index (χ1n) is 12.9. The van der Waals surface area contributed by atoms with Gasteiger partial charge in [0.1, 0.15) is 5.69 Å². The second kappa shape index (κ2) is 10.5. The fourth-order valence-corrected chi connectivity index (χ4v) is 5.81. The van der Waals surface area contributed by atoms with E-state index in [-0.39, 0.29) is 5.13 Å². The predicted octanol–water partition coefficient (Wildman–Crippen LogP) is 5.05. The molecule has 0 spiro atoms. The van der Waals surface area contributed by atoms with E-state index >= 15 is 0 Å². The van der Waals surface area contributed by atoms with Crippen molar-refractivity contribution in [2.24, 2.45) is 5.92 Å². The van der Waals surface area contributed by atoms with Crippen molar-refractivity contribution in [2.75, 3.05) is 13.1 Å². The Morgan fingerprint density at radius 2 is 2.05 bits per heavy atom. The number of para-hydroxylation sites is 1. The Bertz CT molecular complexity index is 1740. The maximum atomic E-state index is 13.6. The van der Waals surface area contributed by atoms with Crippen molar-refractivity contribution < 1.29 is 4.39 Å². The molecule has 1 aromatic carbocycles. The molecule has 0 atom stereocenters. The highest BCUT2D eigenvalue weighted by Crippen LogP contribution is 2.33. The van der Waals surface area contributed by atoms with Gasteiger partial charge in [0, 0.05) is 28.1 Å². The van der Waals surface area contributed by atoms with Gasteiger partial charge in [-0.25, -0.2) is 4.98 Å². The molecular weight excluding hydrogens is 495 g/mol. The van der Waals surface area contributed by atoms with Crippen molar-refractivity contribution in [3.8, 4) is 22.0 Å². The second-order valence-electron chi connectivity index (χ2n) is 9.85. The maximum Gasteiger partial charge on any atom is 0.176 e. The summed E-state index contributed by atoms with van der Waals surface area (Å²) in [7, 11) is 0. The number of aromatic amines is 2. The van der Waals surface area contributed by atoms with Crippen LogP contribution in [-0.4, -0.2) is 38.2 Å². The topological polar surface area (TPSA) is 82.3 Å². The lowest BCUT2D eigenvalue weighted by Gasteiger charge is -2.22. The molecule has 0 amide bonds. The van der Waals surface area contributed by atoms with Crippen LogP contribution in [-0.2, 0) is 6.42 Å². The van der Waals surface area contributed by atoms with Crippen molar-refractivity contribution in [3.63, 3.8) is 0 Å². The molecule has 0 unspecified atom stereocenters. The summed E-state index contributed by atoms with van der Waals surface area (Å²) in [6, 6.07) is 11.4. The minimum absolute atomic E-state index is 0.215. The summed E-state index contributed by atoms with van der Waals surface area (Å²) in [5.74, 6) is 1.35. The number of fused-ring (bicyclic) bond motifs is 1. The van der Waals surface area contributed by atoms with E-state index in [2.05, 4.69) is 51.1 Å². The summed E-state index contributed by atoms with van der Waals surface area (Å²) in [4.78, 5) is 13.5. The summed E-state index contributed by atoms with van der Waals surface area (Å²) in [6.07, 6.45) is 11.5. The highest BCUT2D eigenvalue weighted by Gasteiger charge is 2.15. The number of nitrogens with zero attached hydrogens (tertiary/aromatic N) is 3. The number of allylic oxidation sites excluding steroid dienone is 2. The molecule has 5 heterocycles. The number of imidazole rings is 1. The van der Waals surface area contributed by atoms with Crippen LogP contribution in [0.4, 0.5) is 4.39 Å². The SMILES string of the molecule is C=c1c(-c2nc3c(-c4ccc(F)s4)cccc3[nH]2)n[nH]/c1=C/C=C(\C)c1cncc(CC2CCNCC2)c1. The van der Waals surface area contributed by atoms with Gasteiger partial charge < -0.3 is 10.3 Å². The summed E-state index contributed by atoms with van der Waals surface area (Å²) in [5, 5.41) is 12.4. The molecule has 1 aliphatic heterocycles. The number of H-pyrrole nitrogens is 2. The molecule has 38 heavy (non-hydrogen) atoms. The van der Waals surface area contributed by atoms with Crippen molar-refractivity contribution in [2.45, 2.75) is 26.2 Å². The fraction of sp³-hybridized carbons (Fsp3) is 0.233. The normalized spacial score (nSPS) is 15.5. The van der Waals surface area contributed by atoms with Gasteiger partial charge in [-0.3, -0.25) is 10.1 Å². The third-order valence-corrected chi connectivity index (χ3v) is 8.12. The third-order valence-electron chi connectivity index (χ3n) is 7.21. The maximum absolute atomic E-state index is 13.6. The van der Waals surface area contributed by atoms with E-state index in [4.69, 9.17) is 4.98 Å². The molecule has 6 rings (SSSR count). The van der Waals surface area contributed by atoms with Crippen LogP contribution in [0, 0.1) is 11.0 Å². The van der Waals surface area contributed by atoms with Gasteiger partial charge in [0.05, 0.1) is 16.4 Å². The van der Waals surface area contributed by atoms with Gasteiger partial charge in [-0.05, 0) is 92.2 Å². The van der Waals surface area contributed by atoms with Crippen LogP contribution in [0.15, 0.2) is 54.9 Å². The first-order valence-corrected chi connectivity index (χ1v) is 13.7. The molecule has 3 N–H and O–H groups in total. The molecule has 5 aromatic rings. The van der Waals surface area contributed by atoms with Crippen LogP contribution < -0.4 is 15.9 Å². The Balaban J connectivity index is 1.27. The second-order valence-corrected chi connectivity index (χ2v) is 10.9. The van der Waals surface area contributed by atoms with Crippen LogP contribution >= 0.6 is 11.3 Å². The molecule has 8 heteroatoms. The predicted molar refractivity (Wildman–Crippen MR) is 153 cm³/mol. The molecule has 4 aromatic heterocycles. The van der Waals surface area contributed by atoms with Crippen molar-refractivity contribution in [3.05, 3.63) is 81.7 Å². The number of benzene rings is 1. The van der Waals surface area contributed by atoms with Crippen LogP contribution in [0.3, 0.4) is 0 Å². The van der Waals surface area contributed by atoms with Gasteiger partial charge in [0.25, 0.3) is 0 Å². The minimum atomic E-state index is -0.215. The molecule has 1 saturated heterocycles. The average Bonchev–Trinajstić information content (AvgIpc) is 3.66. The van der Waals surface area contributed by atoms with Gasteiger partial charge in [0.2, 0.25) is 0 Å². The molecular formula is C30H29FN6S. The molecule has 0 bridgehead atoms. The number of piperidine rings is 1. The van der Waals surface area contributed by atoms with E-state index in [0.717, 1.165) is 79.9 Å². The lowest BCUT2D eigenvalue weighted by atomic mass is 9.91. The number of rotatable bonds is 6. The van der Waals surface area contributed by atoms with E-state index in [1.54, 1.807) is 6.07 Å². The summed E-state index contributed by atoms with van der Waals surface area (Å²) < 4.78 is 13.6. The molecule has 0 radical (unpaired) electrons. The highest BCUT2D eigenvalue weighted by molar-refractivity contribution is 7.14. The van der Waals surface area contributed by atoms with Gasteiger partial charge in [0.15, 0.2) is 11.0 Å². The van der Waals surface area contributed by atoms with Crippen molar-refractivity contribution >= 4 is 40.6 Å². The van der Waals surface area contributed by atoms with Crippen LogP contribution in [0.2, 0.25) is 0 Å². The Kier molecular flexibility index (Phi) is 6.74. The molecule has 0 aliphatic carbocycles. The van der Waals surface area contributed by atoms with Gasteiger partial charge in [-0.1, -0.05) is 24.8 Å². The third kappa shape index (κ3) is 4.97. The van der Waals surface area contributed by atoms with Gasteiger partial charge in [-0.15, -0.1) is 11.3 Å². The Hall–Kier alpha value is -3.88. The lowest BCUT2D eigenvalue weighted by molar-refractivity contribution is 0.372. The number of halogens is 1. The number of nitrogens with one attached hydrogen (secondary N) is 3. The molecule has 6 nitrogen and oxygen atoms in total. The van der Waals surface area contributed by atoms with Crippen LogP contribution in [0.1, 0.15) is 30.9 Å². The zero-order valence-electron chi connectivity index (χ0n) is 21.2. The molecule has 1 aliphatic rings. The van der Waals surface area contributed by atoms with E-state index in [1.165, 1.54) is 24.5 Å². The Morgan fingerprint density at radius 1 is 1.18 bits per heavy atom. The zero-order chi connectivity index (χ0) is 26.1. The highest BCUT2D eigenvalue weighted by atomic mass is 32.1. The van der Waals surface area contributed by atoms with E-state index < -0.39 is 0 Å². The van der Waals surface area contributed by atoms with Crippen LogP contribution in [0.5, 0.6) is 0 Å². The van der Waals surface area contributed by atoms with E-state index in [9.17, 15) is 4.39 Å².